The van der Waals surface area contributed by atoms with Crippen molar-refractivity contribution in [3.8, 4) is 5.75 Å². The van der Waals surface area contributed by atoms with Crippen molar-refractivity contribution in [2.75, 3.05) is 26.4 Å². The van der Waals surface area contributed by atoms with Gasteiger partial charge in [-0.15, -0.1) is 0 Å². The van der Waals surface area contributed by atoms with Crippen molar-refractivity contribution >= 4 is 6.09 Å². The summed E-state index contributed by atoms with van der Waals surface area (Å²) < 4.78 is 23.8. The fraction of sp³-hybridized carbons (Fsp3) is 0.611. The highest BCUT2D eigenvalue weighted by atomic mass is 19.1. The van der Waals surface area contributed by atoms with Gasteiger partial charge in [0.1, 0.15) is 11.9 Å². The number of hydrogen-bond acceptors (Lipinski definition) is 4. The number of benzene rings is 1. The Kier molecular flexibility index (Phi) is 5.23. The molecule has 3 atom stereocenters. The van der Waals surface area contributed by atoms with Gasteiger partial charge in [0, 0.05) is 31.5 Å². The molecule has 1 aromatic carbocycles. The van der Waals surface area contributed by atoms with Crippen LogP contribution in [0.3, 0.4) is 0 Å². The lowest BCUT2D eigenvalue weighted by atomic mass is 9.81. The van der Waals surface area contributed by atoms with Crippen LogP contribution in [0.15, 0.2) is 18.2 Å². The molecule has 6 heteroatoms. The number of halogens is 1. The summed E-state index contributed by atoms with van der Waals surface area (Å²) in [7, 11) is 0. The van der Waals surface area contributed by atoms with Crippen LogP contribution in [-0.4, -0.2) is 43.5 Å². The molecule has 0 radical (unpaired) electrons. The fourth-order valence-corrected chi connectivity index (χ4v) is 4.03. The number of carbonyl (C=O) groups excluding carboxylic acids is 1. The van der Waals surface area contributed by atoms with Crippen LogP contribution in [0.1, 0.15) is 36.9 Å². The van der Waals surface area contributed by atoms with Gasteiger partial charge in [0.15, 0.2) is 0 Å². The summed E-state index contributed by atoms with van der Waals surface area (Å²) >= 11 is 0. The minimum atomic E-state index is -0.778. The van der Waals surface area contributed by atoms with E-state index in [9.17, 15) is 9.18 Å². The van der Waals surface area contributed by atoms with Crippen LogP contribution in [0.5, 0.6) is 5.75 Å². The zero-order chi connectivity index (χ0) is 17.1. The molecule has 0 unspecified atom stereocenters. The number of amides is 1. The Bertz CT molecular complexity index is 596. The number of rotatable bonds is 5. The normalized spacial score (nSPS) is 26.3. The third-order valence-corrected chi connectivity index (χ3v) is 5.09. The maximum atomic E-state index is 12.9. The first kappa shape index (κ1) is 17.0. The molecular weight excluding hydrogens is 311 g/mol. The van der Waals surface area contributed by atoms with E-state index in [2.05, 4.69) is 17.0 Å². The monoisotopic (exact) mass is 336 g/mol. The number of alkyl halides is 1. The van der Waals surface area contributed by atoms with Gasteiger partial charge in [0.05, 0.1) is 13.3 Å². The average molecular weight is 336 g/mol. The van der Waals surface area contributed by atoms with Gasteiger partial charge in [-0.3, -0.25) is 9.29 Å². The molecule has 1 fully saturated rings. The Labute approximate surface area is 141 Å². The molecule has 24 heavy (non-hydrogen) atoms. The summed E-state index contributed by atoms with van der Waals surface area (Å²) in [4.78, 5) is 13.6. The minimum Gasteiger partial charge on any atom is -0.494 e. The minimum absolute atomic E-state index is 0.00278. The van der Waals surface area contributed by atoms with Gasteiger partial charge >= 0.3 is 6.09 Å². The number of primary amides is 1. The van der Waals surface area contributed by atoms with Crippen LogP contribution >= 0.6 is 0 Å². The number of ether oxygens (including phenoxy) is 2. The van der Waals surface area contributed by atoms with E-state index in [4.69, 9.17) is 15.2 Å². The maximum absolute atomic E-state index is 12.9. The molecular formula is C18H25FN2O3. The highest BCUT2D eigenvalue weighted by molar-refractivity contribution is 5.64. The largest absolute Gasteiger partial charge is 0.494 e. The number of carbonyl (C=O) groups is 1. The average Bonchev–Trinajstić information content (AvgIpc) is 2.55. The molecule has 1 aromatic rings. The molecule has 2 N–H and O–H groups in total. The van der Waals surface area contributed by atoms with Crippen LogP contribution in [-0.2, 0) is 11.2 Å². The van der Waals surface area contributed by atoms with Gasteiger partial charge in [0.2, 0.25) is 0 Å². The molecule has 0 spiro atoms. The van der Waals surface area contributed by atoms with Crippen molar-refractivity contribution in [2.45, 2.75) is 38.3 Å². The Hall–Kier alpha value is -1.82. The molecule has 0 bridgehead atoms. The molecule has 2 heterocycles. The van der Waals surface area contributed by atoms with Gasteiger partial charge in [-0.25, -0.2) is 4.79 Å². The van der Waals surface area contributed by atoms with Crippen LogP contribution < -0.4 is 10.5 Å². The van der Waals surface area contributed by atoms with E-state index in [1.54, 1.807) is 0 Å². The highest BCUT2D eigenvalue weighted by Gasteiger charge is 2.40. The first-order chi connectivity index (χ1) is 11.6. The number of nitrogens with two attached hydrogens (primary N) is 1. The van der Waals surface area contributed by atoms with Crippen molar-refractivity contribution in [1.29, 1.82) is 0 Å². The van der Waals surface area contributed by atoms with Crippen LogP contribution in [0.25, 0.3) is 0 Å². The summed E-state index contributed by atoms with van der Waals surface area (Å²) in [6.45, 7) is 3.88. The number of fused-ring (bicyclic) bond motifs is 3. The third-order valence-electron chi connectivity index (χ3n) is 5.09. The summed E-state index contributed by atoms with van der Waals surface area (Å²) in [6, 6.07) is 6.38. The van der Waals surface area contributed by atoms with Crippen molar-refractivity contribution < 1.29 is 18.7 Å². The quantitative estimate of drug-likeness (QED) is 0.898. The van der Waals surface area contributed by atoms with E-state index in [-0.39, 0.29) is 18.1 Å². The molecule has 1 saturated heterocycles. The standard InChI is InChI=1S/C18H25FN2O3/c1-2-23-14-3-4-15-12(9-14)6-8-21-11-13(5-7-19)17(10-16(15)21)24-18(20)22/h3-4,9,13,16-17H,2,5-8,10-11H2,1H3,(H2,20,22)/t13-,16-,17+/m1/s1. The Morgan fingerprint density at radius 1 is 1.46 bits per heavy atom. The van der Waals surface area contributed by atoms with Crippen molar-refractivity contribution in [1.82, 2.24) is 4.90 Å². The summed E-state index contributed by atoms with van der Waals surface area (Å²) in [5.41, 5.74) is 7.75. The second-order valence-corrected chi connectivity index (χ2v) is 6.50. The summed E-state index contributed by atoms with van der Waals surface area (Å²) in [5.74, 6) is 0.892. The number of piperidine rings is 1. The van der Waals surface area contributed by atoms with E-state index in [0.717, 1.165) is 25.3 Å². The molecule has 0 aliphatic carbocycles. The predicted molar refractivity (Wildman–Crippen MR) is 88.8 cm³/mol. The van der Waals surface area contributed by atoms with Crippen molar-refractivity contribution in [3.63, 3.8) is 0 Å². The molecule has 132 valence electrons. The van der Waals surface area contributed by atoms with Gasteiger partial charge in [-0.2, -0.15) is 0 Å². The van der Waals surface area contributed by atoms with Gasteiger partial charge < -0.3 is 15.2 Å². The first-order valence-electron chi connectivity index (χ1n) is 8.64. The predicted octanol–water partition coefficient (Wildman–Crippen LogP) is 2.83. The zero-order valence-corrected chi connectivity index (χ0v) is 14.0. The van der Waals surface area contributed by atoms with E-state index >= 15 is 0 Å². The Morgan fingerprint density at radius 2 is 2.29 bits per heavy atom. The van der Waals surface area contributed by atoms with Gasteiger partial charge in [-0.05, 0) is 43.0 Å². The highest BCUT2D eigenvalue weighted by Crippen LogP contribution is 2.41. The smallest absolute Gasteiger partial charge is 0.404 e. The lowest BCUT2D eigenvalue weighted by Crippen LogP contribution is -2.49. The third kappa shape index (κ3) is 3.48. The molecule has 2 aliphatic rings. The lowest BCUT2D eigenvalue weighted by molar-refractivity contribution is -0.0245. The SMILES string of the molecule is CCOc1ccc2c(c1)CCN1C[C@@H](CCF)[C@@H](OC(N)=O)C[C@H]21. The summed E-state index contributed by atoms with van der Waals surface area (Å²) in [6.07, 6.45) is 0.916. The Morgan fingerprint density at radius 3 is 3.00 bits per heavy atom. The second kappa shape index (κ2) is 7.38. The van der Waals surface area contributed by atoms with Crippen molar-refractivity contribution in [3.05, 3.63) is 29.3 Å². The molecule has 3 rings (SSSR count). The molecule has 0 aromatic heterocycles. The molecule has 1 amide bonds. The van der Waals surface area contributed by atoms with E-state index in [1.165, 1.54) is 11.1 Å². The molecule has 0 saturated carbocycles. The Balaban J connectivity index is 1.82. The van der Waals surface area contributed by atoms with Crippen molar-refractivity contribution in [2.24, 2.45) is 11.7 Å². The number of hydrogen-bond donors (Lipinski definition) is 1. The second-order valence-electron chi connectivity index (χ2n) is 6.50. The zero-order valence-electron chi connectivity index (χ0n) is 14.0. The maximum Gasteiger partial charge on any atom is 0.404 e. The number of nitrogens with zero attached hydrogens (tertiary/aromatic N) is 1. The topological polar surface area (TPSA) is 64.8 Å². The van der Waals surface area contributed by atoms with Gasteiger partial charge in [-0.1, -0.05) is 6.07 Å². The van der Waals surface area contributed by atoms with Crippen LogP contribution in [0.2, 0.25) is 0 Å². The summed E-state index contributed by atoms with van der Waals surface area (Å²) in [5, 5.41) is 0. The molecule has 5 nitrogen and oxygen atoms in total. The lowest BCUT2D eigenvalue weighted by Gasteiger charge is -2.46. The van der Waals surface area contributed by atoms with Crippen LogP contribution in [0.4, 0.5) is 9.18 Å². The van der Waals surface area contributed by atoms with E-state index < -0.39 is 12.8 Å². The van der Waals surface area contributed by atoms with Gasteiger partial charge in [0.25, 0.3) is 0 Å². The fourth-order valence-electron chi connectivity index (χ4n) is 4.03. The van der Waals surface area contributed by atoms with E-state index in [0.29, 0.717) is 19.4 Å². The van der Waals surface area contributed by atoms with E-state index in [1.807, 2.05) is 13.0 Å². The first-order valence-corrected chi connectivity index (χ1v) is 8.64. The molecule has 2 aliphatic heterocycles. The van der Waals surface area contributed by atoms with Crippen LogP contribution in [0, 0.1) is 5.92 Å².